The van der Waals surface area contributed by atoms with Gasteiger partial charge in [-0.3, -0.25) is 9.59 Å². The van der Waals surface area contributed by atoms with Crippen molar-refractivity contribution in [3.8, 4) is 5.69 Å². The van der Waals surface area contributed by atoms with E-state index in [1.807, 2.05) is 48.9 Å². The first-order valence-corrected chi connectivity index (χ1v) is 8.71. The number of carboxylic acid groups (broad SMARTS) is 1. The summed E-state index contributed by atoms with van der Waals surface area (Å²) >= 11 is 0. The second kappa shape index (κ2) is 7.70. The molecule has 0 bridgehead atoms. The second-order valence-corrected chi connectivity index (χ2v) is 6.45. The zero-order chi connectivity index (χ0) is 18.7. The molecule has 1 aromatic heterocycles. The third-order valence-corrected chi connectivity index (χ3v) is 4.70. The van der Waals surface area contributed by atoms with Crippen molar-refractivity contribution in [2.75, 3.05) is 13.2 Å². The van der Waals surface area contributed by atoms with Crippen molar-refractivity contribution < 1.29 is 19.4 Å². The Labute approximate surface area is 152 Å². The van der Waals surface area contributed by atoms with Crippen LogP contribution in [0.1, 0.15) is 35.9 Å². The van der Waals surface area contributed by atoms with Crippen LogP contribution in [0.4, 0.5) is 0 Å². The molecule has 138 valence electrons. The Balaban J connectivity index is 1.82. The molecule has 26 heavy (non-hydrogen) atoms. The molecule has 1 aliphatic heterocycles. The van der Waals surface area contributed by atoms with Gasteiger partial charge in [0, 0.05) is 24.4 Å². The number of nitrogens with one attached hydrogen (secondary N) is 1. The molecule has 0 aliphatic carbocycles. The topological polar surface area (TPSA) is 93.5 Å². The van der Waals surface area contributed by atoms with E-state index in [2.05, 4.69) is 10.4 Å². The van der Waals surface area contributed by atoms with Crippen LogP contribution in [0.15, 0.2) is 30.3 Å². The number of carbonyl (C=O) groups excluding carboxylic acids is 1. The number of carbonyl (C=O) groups is 2. The van der Waals surface area contributed by atoms with Gasteiger partial charge in [0.05, 0.1) is 29.8 Å². The highest BCUT2D eigenvalue weighted by Crippen LogP contribution is 2.38. The number of carboxylic acids is 1. The third kappa shape index (κ3) is 3.62. The van der Waals surface area contributed by atoms with E-state index in [1.54, 1.807) is 0 Å². The minimum atomic E-state index is -0.930. The van der Waals surface area contributed by atoms with E-state index in [0.717, 1.165) is 22.6 Å². The van der Waals surface area contributed by atoms with Gasteiger partial charge in [0.2, 0.25) is 5.91 Å². The van der Waals surface area contributed by atoms with Crippen LogP contribution in [-0.4, -0.2) is 39.9 Å². The fraction of sp³-hybridized carbons (Fsp3) is 0.421. The van der Waals surface area contributed by atoms with Crippen LogP contribution < -0.4 is 5.32 Å². The van der Waals surface area contributed by atoms with E-state index in [-0.39, 0.29) is 30.9 Å². The van der Waals surface area contributed by atoms with Crippen LogP contribution in [0, 0.1) is 19.8 Å². The highest BCUT2D eigenvalue weighted by molar-refractivity contribution is 5.80. The van der Waals surface area contributed by atoms with Gasteiger partial charge in [0.1, 0.15) is 0 Å². The Kier molecular flexibility index (Phi) is 5.37. The molecule has 1 saturated heterocycles. The summed E-state index contributed by atoms with van der Waals surface area (Å²) in [6, 6.07) is 9.82. The predicted octanol–water partition coefficient (Wildman–Crippen LogP) is 2.16. The summed E-state index contributed by atoms with van der Waals surface area (Å²) in [4.78, 5) is 23.1. The average Bonchev–Trinajstić information content (AvgIpc) is 3.19. The van der Waals surface area contributed by atoms with E-state index in [4.69, 9.17) is 9.84 Å². The SMILES string of the molecule is Cc1nn(-c2ccccc2)c(C)c1[C@H]1OCC[C@@H]1C(=O)NCCC(=O)O. The minimum absolute atomic E-state index is 0.0893. The summed E-state index contributed by atoms with van der Waals surface area (Å²) in [5.74, 6) is -1.44. The van der Waals surface area contributed by atoms with Gasteiger partial charge in [-0.25, -0.2) is 4.68 Å². The zero-order valence-electron chi connectivity index (χ0n) is 14.9. The fourth-order valence-corrected chi connectivity index (χ4v) is 3.45. The molecule has 0 radical (unpaired) electrons. The Morgan fingerprint density at radius 3 is 2.73 bits per heavy atom. The summed E-state index contributed by atoms with van der Waals surface area (Å²) in [5.41, 5.74) is 3.68. The lowest BCUT2D eigenvalue weighted by atomic mass is 9.93. The fourth-order valence-electron chi connectivity index (χ4n) is 3.45. The number of rotatable bonds is 6. The molecule has 2 atom stereocenters. The number of amides is 1. The summed E-state index contributed by atoms with van der Waals surface area (Å²) in [5, 5.41) is 16.1. The van der Waals surface area contributed by atoms with Crippen molar-refractivity contribution >= 4 is 11.9 Å². The standard InChI is InChI=1S/C19H23N3O4/c1-12-17(13(2)22(21-12)14-6-4-3-5-7-14)18-15(9-11-26-18)19(25)20-10-8-16(23)24/h3-7,15,18H,8-11H2,1-2H3,(H,20,25)(H,23,24)/t15-,18-/m0/s1. The van der Waals surface area contributed by atoms with Crippen molar-refractivity contribution in [3.05, 3.63) is 47.3 Å². The molecule has 2 heterocycles. The van der Waals surface area contributed by atoms with Gasteiger partial charge in [0.25, 0.3) is 0 Å². The number of aryl methyl sites for hydroxylation is 1. The maximum Gasteiger partial charge on any atom is 0.305 e. The van der Waals surface area contributed by atoms with Gasteiger partial charge in [-0.1, -0.05) is 18.2 Å². The van der Waals surface area contributed by atoms with Crippen LogP contribution in [0.3, 0.4) is 0 Å². The molecular formula is C19H23N3O4. The molecule has 7 heteroatoms. The number of nitrogens with zero attached hydrogens (tertiary/aromatic N) is 2. The lowest BCUT2D eigenvalue weighted by Crippen LogP contribution is -2.34. The lowest BCUT2D eigenvalue weighted by molar-refractivity contribution is -0.137. The summed E-state index contributed by atoms with van der Waals surface area (Å²) < 4.78 is 7.75. The number of ether oxygens (including phenoxy) is 1. The third-order valence-electron chi connectivity index (χ3n) is 4.70. The Bertz CT molecular complexity index is 801. The molecule has 0 saturated carbocycles. The summed E-state index contributed by atoms with van der Waals surface area (Å²) in [6.07, 6.45) is 0.157. The Morgan fingerprint density at radius 2 is 2.04 bits per heavy atom. The van der Waals surface area contributed by atoms with Gasteiger partial charge in [-0.2, -0.15) is 5.10 Å². The van der Waals surface area contributed by atoms with Crippen LogP contribution in [-0.2, 0) is 14.3 Å². The number of hydrogen-bond acceptors (Lipinski definition) is 4. The molecule has 2 aromatic rings. The van der Waals surface area contributed by atoms with Gasteiger partial charge in [-0.05, 0) is 32.4 Å². The molecule has 1 aromatic carbocycles. The van der Waals surface area contributed by atoms with Crippen molar-refractivity contribution in [1.82, 2.24) is 15.1 Å². The van der Waals surface area contributed by atoms with E-state index in [1.165, 1.54) is 0 Å². The summed E-state index contributed by atoms with van der Waals surface area (Å²) in [6.45, 7) is 4.52. The van der Waals surface area contributed by atoms with Gasteiger partial charge < -0.3 is 15.2 Å². The molecule has 1 fully saturated rings. The molecular weight excluding hydrogens is 334 g/mol. The number of benzene rings is 1. The number of para-hydroxylation sites is 1. The first kappa shape index (κ1) is 18.1. The van der Waals surface area contributed by atoms with E-state index >= 15 is 0 Å². The Hall–Kier alpha value is -2.67. The van der Waals surface area contributed by atoms with Crippen LogP contribution in [0.5, 0.6) is 0 Å². The van der Waals surface area contributed by atoms with E-state index in [0.29, 0.717) is 13.0 Å². The second-order valence-electron chi connectivity index (χ2n) is 6.45. The van der Waals surface area contributed by atoms with Crippen molar-refractivity contribution in [1.29, 1.82) is 0 Å². The monoisotopic (exact) mass is 357 g/mol. The van der Waals surface area contributed by atoms with E-state index < -0.39 is 5.97 Å². The van der Waals surface area contributed by atoms with Gasteiger partial charge in [-0.15, -0.1) is 0 Å². The van der Waals surface area contributed by atoms with Gasteiger partial charge in [0.15, 0.2) is 0 Å². The minimum Gasteiger partial charge on any atom is -0.481 e. The molecule has 7 nitrogen and oxygen atoms in total. The largest absolute Gasteiger partial charge is 0.481 e. The van der Waals surface area contributed by atoms with Crippen molar-refractivity contribution in [3.63, 3.8) is 0 Å². The molecule has 0 spiro atoms. The maximum atomic E-state index is 12.5. The number of aromatic nitrogens is 2. The highest BCUT2D eigenvalue weighted by Gasteiger charge is 2.38. The van der Waals surface area contributed by atoms with Gasteiger partial charge >= 0.3 is 5.97 Å². The molecule has 3 rings (SSSR count). The Morgan fingerprint density at radius 1 is 1.31 bits per heavy atom. The molecule has 0 unspecified atom stereocenters. The maximum absolute atomic E-state index is 12.5. The van der Waals surface area contributed by atoms with Crippen molar-refractivity contribution in [2.24, 2.45) is 5.92 Å². The van der Waals surface area contributed by atoms with E-state index in [9.17, 15) is 9.59 Å². The normalized spacial score (nSPS) is 19.5. The zero-order valence-corrected chi connectivity index (χ0v) is 14.9. The van der Waals surface area contributed by atoms with Crippen LogP contribution in [0.25, 0.3) is 5.69 Å². The number of aliphatic carboxylic acids is 1. The predicted molar refractivity (Wildman–Crippen MR) is 95.1 cm³/mol. The van der Waals surface area contributed by atoms with Crippen molar-refractivity contribution in [2.45, 2.75) is 32.8 Å². The lowest BCUT2D eigenvalue weighted by Gasteiger charge is -2.19. The molecule has 1 amide bonds. The number of hydrogen-bond donors (Lipinski definition) is 2. The first-order chi connectivity index (χ1) is 12.5. The first-order valence-electron chi connectivity index (χ1n) is 8.71. The quantitative estimate of drug-likeness (QED) is 0.826. The molecule has 1 aliphatic rings. The average molecular weight is 357 g/mol. The smallest absolute Gasteiger partial charge is 0.305 e. The summed E-state index contributed by atoms with van der Waals surface area (Å²) in [7, 11) is 0. The van der Waals surface area contributed by atoms with Crippen LogP contribution >= 0.6 is 0 Å². The van der Waals surface area contributed by atoms with Crippen LogP contribution in [0.2, 0.25) is 0 Å². The molecule has 2 N–H and O–H groups in total. The highest BCUT2D eigenvalue weighted by atomic mass is 16.5.